The molecule has 0 spiro atoms. The number of ether oxygens (including phenoxy) is 3. The maximum Gasteiger partial charge on any atom is 0.340 e. The molecule has 3 heterocycles. The highest BCUT2D eigenvalue weighted by atomic mass is 32.1. The van der Waals surface area contributed by atoms with Gasteiger partial charge in [0, 0.05) is 17.5 Å². The van der Waals surface area contributed by atoms with Crippen LogP contribution in [0.15, 0.2) is 51.0 Å². The molecule has 3 aromatic heterocycles. The van der Waals surface area contributed by atoms with E-state index in [9.17, 15) is 9.59 Å². The highest BCUT2D eigenvalue weighted by Crippen LogP contribution is 2.34. The lowest BCUT2D eigenvalue weighted by Gasteiger charge is -2.14. The summed E-state index contributed by atoms with van der Waals surface area (Å²) in [6.07, 6.45) is 0. The van der Waals surface area contributed by atoms with Gasteiger partial charge in [0.2, 0.25) is 5.82 Å². The first kappa shape index (κ1) is 21.5. The molecule has 0 atom stereocenters. The third-order valence-corrected chi connectivity index (χ3v) is 5.86. The number of thiophene rings is 2. The number of hydrogen-bond acceptors (Lipinski definition) is 10. The Labute approximate surface area is 190 Å². The number of amides is 1. The number of aromatic nitrogens is 2. The first-order chi connectivity index (χ1) is 15.6. The van der Waals surface area contributed by atoms with E-state index in [-0.39, 0.29) is 29.6 Å². The van der Waals surface area contributed by atoms with E-state index in [1.165, 1.54) is 49.0 Å². The van der Waals surface area contributed by atoms with Crippen molar-refractivity contribution < 1.29 is 28.3 Å². The van der Waals surface area contributed by atoms with Gasteiger partial charge in [-0.05, 0) is 22.9 Å². The van der Waals surface area contributed by atoms with Gasteiger partial charge in [-0.25, -0.2) is 4.79 Å². The molecule has 4 aromatic rings. The van der Waals surface area contributed by atoms with Crippen molar-refractivity contribution in [2.75, 3.05) is 19.5 Å². The van der Waals surface area contributed by atoms with Crippen molar-refractivity contribution >= 4 is 40.2 Å². The fraction of sp³-hybridized carbons (Fsp3) is 0.143. The highest BCUT2D eigenvalue weighted by molar-refractivity contribution is 7.12. The van der Waals surface area contributed by atoms with Crippen LogP contribution in [0.25, 0.3) is 11.5 Å². The molecule has 0 saturated heterocycles. The standard InChI is InChI=1S/C21H17N3O6S2/c1-27-15-8-13(14(9-16(15)28-2)22-19(25)17-4-3-6-32-17)21(26)29-10-18-23-20(30-24-18)12-5-7-31-11-12/h3-9,11H,10H2,1-2H3,(H,22,25). The lowest BCUT2D eigenvalue weighted by atomic mass is 10.1. The molecule has 1 aromatic carbocycles. The number of benzene rings is 1. The summed E-state index contributed by atoms with van der Waals surface area (Å²) >= 11 is 2.78. The summed E-state index contributed by atoms with van der Waals surface area (Å²) in [4.78, 5) is 30.1. The van der Waals surface area contributed by atoms with Gasteiger partial charge in [-0.2, -0.15) is 16.3 Å². The molecular weight excluding hydrogens is 454 g/mol. The highest BCUT2D eigenvalue weighted by Gasteiger charge is 2.21. The number of hydrogen-bond donors (Lipinski definition) is 1. The van der Waals surface area contributed by atoms with Gasteiger partial charge >= 0.3 is 5.97 Å². The van der Waals surface area contributed by atoms with Crippen LogP contribution < -0.4 is 14.8 Å². The van der Waals surface area contributed by atoms with Crippen LogP contribution in [-0.4, -0.2) is 36.2 Å². The zero-order chi connectivity index (χ0) is 22.5. The van der Waals surface area contributed by atoms with Crippen LogP contribution >= 0.6 is 22.7 Å². The van der Waals surface area contributed by atoms with Gasteiger partial charge in [-0.15, -0.1) is 11.3 Å². The van der Waals surface area contributed by atoms with E-state index in [0.29, 0.717) is 22.3 Å². The Balaban J connectivity index is 1.55. The Bertz CT molecular complexity index is 1220. The van der Waals surface area contributed by atoms with Crippen LogP contribution in [0, 0.1) is 0 Å². The fourth-order valence-electron chi connectivity index (χ4n) is 2.77. The topological polar surface area (TPSA) is 113 Å². The SMILES string of the molecule is COc1cc(NC(=O)c2cccs2)c(C(=O)OCc2noc(-c3ccsc3)n2)cc1OC. The number of carbonyl (C=O) groups is 2. The van der Waals surface area contributed by atoms with Crippen molar-refractivity contribution in [2.24, 2.45) is 0 Å². The molecule has 1 N–H and O–H groups in total. The largest absolute Gasteiger partial charge is 0.493 e. The zero-order valence-corrected chi connectivity index (χ0v) is 18.6. The summed E-state index contributed by atoms with van der Waals surface area (Å²) in [7, 11) is 2.91. The first-order valence-corrected chi connectivity index (χ1v) is 11.0. The van der Waals surface area contributed by atoms with Crippen molar-refractivity contribution in [2.45, 2.75) is 6.61 Å². The molecule has 0 saturated carbocycles. The Morgan fingerprint density at radius 2 is 1.94 bits per heavy atom. The number of rotatable bonds is 8. The Morgan fingerprint density at radius 3 is 2.62 bits per heavy atom. The van der Waals surface area contributed by atoms with Gasteiger partial charge in [0.1, 0.15) is 0 Å². The number of anilines is 1. The molecule has 0 aliphatic rings. The molecule has 0 bridgehead atoms. The molecule has 9 nitrogen and oxygen atoms in total. The van der Waals surface area contributed by atoms with Crippen molar-refractivity contribution in [3.63, 3.8) is 0 Å². The third kappa shape index (κ3) is 4.63. The van der Waals surface area contributed by atoms with Crippen LogP contribution in [0.2, 0.25) is 0 Å². The van der Waals surface area contributed by atoms with Crippen LogP contribution in [0.4, 0.5) is 5.69 Å². The summed E-state index contributed by atoms with van der Waals surface area (Å²) < 4.78 is 21.1. The molecular formula is C21H17N3O6S2. The van der Waals surface area contributed by atoms with Gasteiger partial charge in [-0.3, -0.25) is 4.79 Å². The van der Waals surface area contributed by atoms with E-state index in [2.05, 4.69) is 15.5 Å². The van der Waals surface area contributed by atoms with Crippen molar-refractivity contribution in [3.05, 3.63) is 62.7 Å². The van der Waals surface area contributed by atoms with Crippen molar-refractivity contribution in [1.82, 2.24) is 10.1 Å². The minimum atomic E-state index is -0.700. The minimum Gasteiger partial charge on any atom is -0.493 e. The summed E-state index contributed by atoms with van der Waals surface area (Å²) in [6, 6.07) is 8.24. The Hall–Kier alpha value is -3.70. The average molecular weight is 472 g/mol. The van der Waals surface area contributed by atoms with E-state index in [1.807, 2.05) is 16.8 Å². The molecule has 164 valence electrons. The summed E-state index contributed by atoms with van der Waals surface area (Å²) in [5, 5.41) is 12.1. The molecule has 11 heteroatoms. The second-order valence-corrected chi connectivity index (χ2v) is 8.02. The van der Waals surface area contributed by atoms with Crippen LogP contribution in [-0.2, 0) is 11.3 Å². The minimum absolute atomic E-state index is 0.0918. The average Bonchev–Trinajstić information content (AvgIpc) is 3.58. The summed E-state index contributed by atoms with van der Waals surface area (Å²) in [5.74, 6) is 0.155. The van der Waals surface area contributed by atoms with Gasteiger partial charge in [0.15, 0.2) is 18.1 Å². The second kappa shape index (κ2) is 9.62. The maximum atomic E-state index is 12.9. The number of carbonyl (C=O) groups excluding carboxylic acids is 2. The number of nitrogens with one attached hydrogen (secondary N) is 1. The van der Waals surface area contributed by atoms with E-state index in [4.69, 9.17) is 18.7 Å². The van der Waals surface area contributed by atoms with E-state index < -0.39 is 5.97 Å². The Morgan fingerprint density at radius 1 is 1.12 bits per heavy atom. The predicted octanol–water partition coefficient (Wildman–Crippen LogP) is 4.49. The second-order valence-electron chi connectivity index (χ2n) is 6.29. The van der Waals surface area contributed by atoms with Gasteiger partial charge in [-0.1, -0.05) is 11.2 Å². The lowest BCUT2D eigenvalue weighted by molar-refractivity contribution is 0.0460. The zero-order valence-electron chi connectivity index (χ0n) is 17.0. The van der Waals surface area contributed by atoms with E-state index in [1.54, 1.807) is 17.5 Å². The maximum absolute atomic E-state index is 12.9. The molecule has 0 radical (unpaired) electrons. The molecule has 4 rings (SSSR count). The number of esters is 1. The molecule has 0 unspecified atom stereocenters. The van der Waals surface area contributed by atoms with E-state index >= 15 is 0 Å². The summed E-state index contributed by atoms with van der Waals surface area (Å²) in [6.45, 7) is -0.209. The molecule has 32 heavy (non-hydrogen) atoms. The predicted molar refractivity (Wildman–Crippen MR) is 119 cm³/mol. The van der Waals surface area contributed by atoms with Crippen LogP contribution in [0.1, 0.15) is 25.9 Å². The fourth-order valence-corrected chi connectivity index (χ4v) is 4.02. The Kier molecular flexibility index (Phi) is 6.47. The van der Waals surface area contributed by atoms with Crippen molar-refractivity contribution in [3.8, 4) is 23.0 Å². The smallest absolute Gasteiger partial charge is 0.340 e. The van der Waals surface area contributed by atoms with Crippen LogP contribution in [0.5, 0.6) is 11.5 Å². The molecule has 0 aliphatic heterocycles. The molecule has 0 aliphatic carbocycles. The quantitative estimate of drug-likeness (QED) is 0.374. The van der Waals surface area contributed by atoms with E-state index in [0.717, 1.165) is 5.56 Å². The third-order valence-electron chi connectivity index (χ3n) is 4.31. The monoisotopic (exact) mass is 471 g/mol. The molecule has 0 fully saturated rings. The summed E-state index contributed by atoms with van der Waals surface area (Å²) in [5.41, 5.74) is 1.10. The molecule has 1 amide bonds. The normalized spacial score (nSPS) is 10.6. The van der Waals surface area contributed by atoms with Gasteiger partial charge < -0.3 is 24.1 Å². The number of nitrogens with zero attached hydrogens (tertiary/aromatic N) is 2. The van der Waals surface area contributed by atoms with Gasteiger partial charge in [0.25, 0.3) is 11.8 Å². The number of methoxy groups -OCH3 is 2. The first-order valence-electron chi connectivity index (χ1n) is 9.22. The lowest BCUT2D eigenvalue weighted by Crippen LogP contribution is -2.15. The van der Waals surface area contributed by atoms with Crippen LogP contribution in [0.3, 0.4) is 0 Å². The van der Waals surface area contributed by atoms with Gasteiger partial charge in [0.05, 0.1) is 35.9 Å². The van der Waals surface area contributed by atoms with Crippen molar-refractivity contribution in [1.29, 1.82) is 0 Å².